The highest BCUT2D eigenvalue weighted by molar-refractivity contribution is 7.87. The highest BCUT2D eigenvalue weighted by Crippen LogP contribution is 2.29. The maximum atomic E-state index is 12.8. The molecule has 2 N–H and O–H groups in total. The predicted octanol–water partition coefficient (Wildman–Crippen LogP) is 5.32. The van der Waals surface area contributed by atoms with Gasteiger partial charge in [-0.15, -0.1) is 0 Å². The molecule has 0 radical (unpaired) electrons. The third-order valence-corrected chi connectivity index (χ3v) is 7.55. The first-order valence-electron chi connectivity index (χ1n) is 11.3. The van der Waals surface area contributed by atoms with Gasteiger partial charge in [-0.3, -0.25) is 0 Å². The van der Waals surface area contributed by atoms with Gasteiger partial charge < -0.3 is 19.0 Å². The Kier molecular flexibility index (Phi) is 7.99. The van der Waals surface area contributed by atoms with Crippen LogP contribution in [0.15, 0.2) is 108 Å². The lowest BCUT2D eigenvalue weighted by molar-refractivity contribution is 0.262. The van der Waals surface area contributed by atoms with Gasteiger partial charge in [-0.25, -0.2) is 4.79 Å². The third kappa shape index (κ3) is 7.11. The number of amides is 2. The van der Waals surface area contributed by atoms with Crippen LogP contribution in [0.2, 0.25) is 0 Å². The number of carbonyl (C=O) groups is 1. The second kappa shape index (κ2) is 11.4. The summed E-state index contributed by atoms with van der Waals surface area (Å²) in [6.45, 7) is 1.83. The van der Waals surface area contributed by atoms with E-state index in [0.29, 0.717) is 5.56 Å². The minimum atomic E-state index is -4.16. The first-order chi connectivity index (χ1) is 18.1. The number of hydrogen-bond acceptors (Lipinski definition) is 7. The van der Waals surface area contributed by atoms with E-state index in [1.807, 2.05) is 6.92 Å². The van der Waals surface area contributed by atoms with Gasteiger partial charge in [0.05, 0.1) is 11.4 Å². The molecule has 0 unspecified atom stereocenters. The summed E-state index contributed by atoms with van der Waals surface area (Å²) in [6.07, 6.45) is 0. The Labute approximate surface area is 221 Å². The first-order valence-corrected chi connectivity index (χ1v) is 14.3. The molecular weight excluding hydrogens is 528 g/mol. The summed E-state index contributed by atoms with van der Waals surface area (Å²) < 4.78 is 61.2. The largest absolute Gasteiger partial charge is 0.380 e. The van der Waals surface area contributed by atoms with Crippen molar-refractivity contribution in [2.24, 2.45) is 0 Å². The fraction of sp³-hybridized carbons (Fsp3) is 0.0741. The number of para-hydroxylation sites is 4. The van der Waals surface area contributed by atoms with Gasteiger partial charge in [0.15, 0.2) is 11.5 Å². The monoisotopic (exact) mass is 552 g/mol. The summed E-state index contributed by atoms with van der Waals surface area (Å²) in [5, 5.41) is 5.06. The van der Waals surface area contributed by atoms with Crippen LogP contribution in [0.1, 0.15) is 11.1 Å². The van der Waals surface area contributed by atoms with Gasteiger partial charge in [-0.2, -0.15) is 16.8 Å². The van der Waals surface area contributed by atoms with E-state index in [9.17, 15) is 21.6 Å². The van der Waals surface area contributed by atoms with Gasteiger partial charge in [0.2, 0.25) is 0 Å². The molecule has 0 aliphatic carbocycles. The molecule has 0 aliphatic rings. The highest BCUT2D eigenvalue weighted by Gasteiger charge is 2.20. The second-order valence-electron chi connectivity index (χ2n) is 8.19. The van der Waals surface area contributed by atoms with E-state index in [4.69, 9.17) is 8.37 Å². The maximum Gasteiger partial charge on any atom is 0.339 e. The van der Waals surface area contributed by atoms with Crippen LogP contribution in [0.25, 0.3) is 0 Å². The molecule has 2 amide bonds. The Morgan fingerprint density at radius 1 is 0.658 bits per heavy atom. The molecule has 0 bridgehead atoms. The number of benzene rings is 4. The SMILES string of the molecule is Cc1ccc(S(=O)(=O)Oc2ccccc2NC(=O)Nc2ccccc2OS(=O)(=O)Cc2ccccc2)cc1. The van der Waals surface area contributed by atoms with Crippen LogP contribution < -0.4 is 19.0 Å². The molecule has 0 fully saturated rings. The van der Waals surface area contributed by atoms with Crippen LogP contribution in [0.4, 0.5) is 16.2 Å². The molecule has 4 rings (SSSR count). The van der Waals surface area contributed by atoms with Crippen LogP contribution in [-0.2, 0) is 26.0 Å². The second-order valence-corrected chi connectivity index (χ2v) is 11.3. The summed E-state index contributed by atoms with van der Waals surface area (Å²) in [4.78, 5) is 12.7. The van der Waals surface area contributed by atoms with E-state index in [1.165, 1.54) is 36.4 Å². The lowest BCUT2D eigenvalue weighted by atomic mass is 10.2. The van der Waals surface area contributed by atoms with Crippen LogP contribution in [0.3, 0.4) is 0 Å². The fourth-order valence-electron chi connectivity index (χ4n) is 3.38. The molecule has 0 aromatic heterocycles. The highest BCUT2D eigenvalue weighted by atomic mass is 32.2. The minimum Gasteiger partial charge on any atom is -0.380 e. The molecule has 4 aromatic rings. The van der Waals surface area contributed by atoms with Crippen molar-refractivity contribution in [2.45, 2.75) is 17.6 Å². The molecule has 9 nitrogen and oxygen atoms in total. The molecule has 196 valence electrons. The van der Waals surface area contributed by atoms with Gasteiger partial charge in [0.25, 0.3) is 0 Å². The van der Waals surface area contributed by atoms with Crippen molar-refractivity contribution in [3.05, 3.63) is 114 Å². The smallest absolute Gasteiger partial charge is 0.339 e. The van der Waals surface area contributed by atoms with Crippen molar-refractivity contribution < 1.29 is 30.0 Å². The molecule has 4 aromatic carbocycles. The normalized spacial score (nSPS) is 11.4. The maximum absolute atomic E-state index is 12.8. The number of urea groups is 1. The molecule has 0 atom stereocenters. The van der Waals surface area contributed by atoms with Crippen molar-refractivity contribution in [1.29, 1.82) is 0 Å². The van der Waals surface area contributed by atoms with Crippen molar-refractivity contribution in [1.82, 2.24) is 0 Å². The summed E-state index contributed by atoms with van der Waals surface area (Å²) in [5.74, 6) is -0.530. The summed E-state index contributed by atoms with van der Waals surface area (Å²) in [5.41, 5.74) is 1.61. The molecule has 38 heavy (non-hydrogen) atoms. The van der Waals surface area contributed by atoms with Gasteiger partial charge >= 0.3 is 26.3 Å². The Hall–Kier alpha value is -4.35. The topological polar surface area (TPSA) is 128 Å². The number of anilines is 2. The van der Waals surface area contributed by atoms with E-state index < -0.39 is 26.3 Å². The quantitative estimate of drug-likeness (QED) is 0.269. The van der Waals surface area contributed by atoms with Crippen molar-refractivity contribution in [2.75, 3.05) is 10.6 Å². The number of rotatable bonds is 9. The number of aryl methyl sites for hydroxylation is 1. The lowest BCUT2D eigenvalue weighted by Gasteiger charge is -2.15. The Bertz CT molecular complexity index is 1640. The lowest BCUT2D eigenvalue weighted by Crippen LogP contribution is -2.21. The minimum absolute atomic E-state index is 0.0369. The average Bonchev–Trinajstić information content (AvgIpc) is 2.87. The molecule has 0 heterocycles. The van der Waals surface area contributed by atoms with Crippen LogP contribution in [0.5, 0.6) is 11.5 Å². The first kappa shape index (κ1) is 26.7. The van der Waals surface area contributed by atoms with Crippen molar-refractivity contribution >= 4 is 37.6 Å². The standard InChI is InChI=1S/C27H24N2O7S2/c1-20-15-17-22(18-16-20)38(33,34)36-26-14-8-6-12-24(26)29-27(30)28-23-11-5-7-13-25(23)35-37(31,32)19-21-9-3-2-4-10-21/h2-18H,19H2,1H3,(H2,28,29,30). The van der Waals surface area contributed by atoms with Crippen molar-refractivity contribution in [3.63, 3.8) is 0 Å². The average molecular weight is 553 g/mol. The molecular formula is C27H24N2O7S2. The molecule has 0 saturated carbocycles. The Morgan fingerprint density at radius 2 is 1.16 bits per heavy atom. The summed E-state index contributed by atoms with van der Waals surface area (Å²) >= 11 is 0. The van der Waals surface area contributed by atoms with E-state index in [0.717, 1.165) is 5.56 Å². The summed E-state index contributed by atoms with van der Waals surface area (Å²) in [7, 11) is -8.18. The summed E-state index contributed by atoms with van der Waals surface area (Å²) in [6, 6.07) is 26.0. The van der Waals surface area contributed by atoms with E-state index in [-0.39, 0.29) is 33.5 Å². The Morgan fingerprint density at radius 3 is 1.74 bits per heavy atom. The fourth-order valence-corrected chi connectivity index (χ4v) is 5.40. The molecule has 11 heteroatoms. The number of carbonyl (C=O) groups excluding carboxylic acids is 1. The molecule has 0 saturated heterocycles. The predicted molar refractivity (Wildman–Crippen MR) is 144 cm³/mol. The number of nitrogens with one attached hydrogen (secondary N) is 2. The van der Waals surface area contributed by atoms with Crippen LogP contribution >= 0.6 is 0 Å². The van der Waals surface area contributed by atoms with Gasteiger partial charge in [-0.05, 0) is 48.9 Å². The third-order valence-electron chi connectivity index (χ3n) is 5.18. The van der Waals surface area contributed by atoms with Gasteiger partial charge in [0, 0.05) is 0 Å². The van der Waals surface area contributed by atoms with E-state index in [2.05, 4.69) is 10.6 Å². The Balaban J connectivity index is 1.48. The molecule has 0 aliphatic heterocycles. The zero-order chi connectivity index (χ0) is 27.2. The van der Waals surface area contributed by atoms with Crippen molar-refractivity contribution in [3.8, 4) is 11.5 Å². The zero-order valence-electron chi connectivity index (χ0n) is 20.2. The van der Waals surface area contributed by atoms with Gasteiger partial charge in [0.1, 0.15) is 10.6 Å². The van der Waals surface area contributed by atoms with E-state index >= 15 is 0 Å². The molecule has 0 spiro atoms. The zero-order valence-corrected chi connectivity index (χ0v) is 21.8. The van der Waals surface area contributed by atoms with E-state index in [1.54, 1.807) is 66.7 Å². The van der Waals surface area contributed by atoms with Crippen LogP contribution in [0, 0.1) is 6.92 Å². The van der Waals surface area contributed by atoms with Crippen LogP contribution in [-0.4, -0.2) is 22.9 Å². The number of hydrogen-bond donors (Lipinski definition) is 2. The van der Waals surface area contributed by atoms with Gasteiger partial charge in [-0.1, -0.05) is 72.3 Å².